The fraction of sp³-hybridized carbons (Fsp3) is 0.429. The van der Waals surface area contributed by atoms with Crippen LogP contribution in [0.3, 0.4) is 0 Å². The number of halogens is 1. The van der Waals surface area contributed by atoms with Gasteiger partial charge in [-0.25, -0.2) is 9.97 Å². The molecule has 0 saturated carbocycles. The number of nitrogens with one attached hydrogen (secondary N) is 3. The summed E-state index contributed by atoms with van der Waals surface area (Å²) in [6, 6.07) is 1.87. The maximum atomic E-state index is 12.9. The molecular formula is C21H26ClN7O4S. The fourth-order valence-electron chi connectivity index (χ4n) is 3.27. The van der Waals surface area contributed by atoms with Gasteiger partial charge in [0.15, 0.2) is 5.01 Å². The van der Waals surface area contributed by atoms with Crippen LogP contribution in [0.1, 0.15) is 26.8 Å². The molecule has 2 aromatic heterocycles. The van der Waals surface area contributed by atoms with E-state index in [2.05, 4.69) is 30.8 Å². The third kappa shape index (κ3) is 6.72. The van der Waals surface area contributed by atoms with Gasteiger partial charge in [-0.05, 0) is 38.6 Å². The highest BCUT2D eigenvalue weighted by molar-refractivity contribution is 7.13. The van der Waals surface area contributed by atoms with Crippen LogP contribution in [-0.4, -0.2) is 83.7 Å². The van der Waals surface area contributed by atoms with Crippen molar-refractivity contribution >= 4 is 52.4 Å². The van der Waals surface area contributed by atoms with Crippen LogP contribution in [0, 0.1) is 0 Å². The molecule has 1 atom stereocenters. The Hall–Kier alpha value is -3.09. The summed E-state index contributed by atoms with van der Waals surface area (Å²) in [5, 5.41) is 7.98. The van der Waals surface area contributed by atoms with Crippen molar-refractivity contribution in [2.45, 2.75) is 25.4 Å². The molecule has 0 saturated heterocycles. The van der Waals surface area contributed by atoms with E-state index < -0.39 is 29.7 Å². The van der Waals surface area contributed by atoms with E-state index in [4.69, 9.17) is 11.6 Å². The molecule has 1 unspecified atom stereocenters. The predicted molar refractivity (Wildman–Crippen MR) is 128 cm³/mol. The van der Waals surface area contributed by atoms with Crippen LogP contribution in [0.25, 0.3) is 0 Å². The number of anilines is 1. The summed E-state index contributed by atoms with van der Waals surface area (Å²) >= 11 is 7.05. The Kier molecular flexibility index (Phi) is 8.53. The number of nitrogens with zero attached hydrogens (tertiary/aromatic N) is 4. The molecule has 13 heteroatoms. The second kappa shape index (κ2) is 11.4. The zero-order chi connectivity index (χ0) is 24.8. The van der Waals surface area contributed by atoms with Gasteiger partial charge in [-0.15, -0.1) is 11.3 Å². The molecule has 2 aromatic rings. The fourth-order valence-corrected chi connectivity index (χ4v) is 4.47. The highest BCUT2D eigenvalue weighted by Crippen LogP contribution is 2.24. The van der Waals surface area contributed by atoms with Gasteiger partial charge in [0, 0.05) is 38.3 Å². The standard InChI is InChI=1S/C21H26ClN7O4S/c1-28(2)21(33)14(10-24-17(30)18(31)27-16-7-6-12(22)9-23-16)25-19(32)20-26-13-5-4-8-29(3)11-15(13)34-20/h6-7,9,14H,4-5,8,10-11H2,1-3H3,(H,24,30)(H,25,32)(H,23,27,31). The van der Waals surface area contributed by atoms with Crippen molar-refractivity contribution in [2.24, 2.45) is 0 Å². The van der Waals surface area contributed by atoms with E-state index in [1.165, 1.54) is 48.7 Å². The van der Waals surface area contributed by atoms with E-state index in [0.29, 0.717) is 11.6 Å². The Balaban J connectivity index is 1.63. The summed E-state index contributed by atoms with van der Waals surface area (Å²) in [5.41, 5.74) is 0.899. The number of likely N-dealkylation sites (N-methyl/N-ethyl adjacent to an activating group) is 1. The first kappa shape index (κ1) is 25.5. The first-order valence-electron chi connectivity index (χ1n) is 10.5. The maximum Gasteiger partial charge on any atom is 0.314 e. The Morgan fingerprint density at radius 2 is 2.00 bits per heavy atom. The minimum Gasteiger partial charge on any atom is -0.347 e. The molecule has 1 aliphatic rings. The van der Waals surface area contributed by atoms with Gasteiger partial charge >= 0.3 is 11.8 Å². The monoisotopic (exact) mass is 507 g/mol. The molecule has 4 amide bonds. The van der Waals surface area contributed by atoms with Gasteiger partial charge in [-0.2, -0.15) is 0 Å². The largest absolute Gasteiger partial charge is 0.347 e. The van der Waals surface area contributed by atoms with Crippen molar-refractivity contribution in [3.8, 4) is 0 Å². The molecule has 0 aliphatic carbocycles. The number of thiazole rings is 1. The average Bonchev–Trinajstić information content (AvgIpc) is 3.11. The van der Waals surface area contributed by atoms with Gasteiger partial charge in [0.1, 0.15) is 11.9 Å². The maximum absolute atomic E-state index is 12.9. The topological polar surface area (TPSA) is 137 Å². The lowest BCUT2D eigenvalue weighted by atomic mass is 10.2. The van der Waals surface area contributed by atoms with Gasteiger partial charge in [0.25, 0.3) is 5.91 Å². The SMILES string of the molecule is CN1CCCc2nc(C(=O)NC(CNC(=O)C(=O)Nc3ccc(Cl)cn3)C(=O)N(C)C)sc2C1. The lowest BCUT2D eigenvalue weighted by Gasteiger charge is -2.21. The number of hydrogen-bond donors (Lipinski definition) is 3. The summed E-state index contributed by atoms with van der Waals surface area (Å²) in [5.74, 6) is -2.75. The van der Waals surface area contributed by atoms with Crippen molar-refractivity contribution < 1.29 is 19.2 Å². The number of fused-ring (bicyclic) bond motifs is 1. The van der Waals surface area contributed by atoms with E-state index in [1.54, 1.807) is 0 Å². The summed E-state index contributed by atoms with van der Waals surface area (Å²) in [4.78, 5) is 62.7. The molecule has 11 nitrogen and oxygen atoms in total. The van der Waals surface area contributed by atoms with Gasteiger partial charge in [0.2, 0.25) is 5.91 Å². The van der Waals surface area contributed by atoms with Crippen molar-refractivity contribution in [2.75, 3.05) is 39.5 Å². The van der Waals surface area contributed by atoms with Crippen LogP contribution >= 0.6 is 22.9 Å². The predicted octanol–water partition coefficient (Wildman–Crippen LogP) is 0.511. The normalized spacial score (nSPS) is 14.4. The number of carbonyl (C=O) groups is 4. The number of aryl methyl sites for hydroxylation is 1. The van der Waals surface area contributed by atoms with E-state index in [0.717, 1.165) is 30.0 Å². The highest BCUT2D eigenvalue weighted by Gasteiger charge is 2.27. The van der Waals surface area contributed by atoms with Crippen molar-refractivity contribution in [1.82, 2.24) is 30.4 Å². The minimum atomic E-state index is -1.08. The van der Waals surface area contributed by atoms with Crippen LogP contribution in [0.15, 0.2) is 18.3 Å². The van der Waals surface area contributed by atoms with E-state index in [1.807, 2.05) is 7.05 Å². The van der Waals surface area contributed by atoms with Crippen LogP contribution in [0.4, 0.5) is 5.82 Å². The molecule has 0 radical (unpaired) electrons. The number of hydrogen-bond acceptors (Lipinski definition) is 8. The summed E-state index contributed by atoms with van der Waals surface area (Å²) < 4.78 is 0. The van der Waals surface area contributed by atoms with E-state index >= 15 is 0 Å². The quantitative estimate of drug-likeness (QED) is 0.484. The molecule has 182 valence electrons. The summed E-state index contributed by atoms with van der Waals surface area (Å²) in [6.45, 7) is 1.40. The van der Waals surface area contributed by atoms with E-state index in [9.17, 15) is 19.2 Å². The first-order chi connectivity index (χ1) is 16.1. The highest BCUT2D eigenvalue weighted by atomic mass is 35.5. The van der Waals surface area contributed by atoms with Crippen LogP contribution in [0.2, 0.25) is 5.02 Å². The van der Waals surface area contributed by atoms with Gasteiger partial charge in [-0.1, -0.05) is 11.6 Å². The Morgan fingerprint density at radius 3 is 2.68 bits per heavy atom. The van der Waals surface area contributed by atoms with Gasteiger partial charge < -0.3 is 25.8 Å². The Labute approximate surface area is 205 Å². The van der Waals surface area contributed by atoms with Crippen LogP contribution in [0.5, 0.6) is 0 Å². The van der Waals surface area contributed by atoms with Gasteiger partial charge in [-0.3, -0.25) is 19.2 Å². The summed E-state index contributed by atoms with van der Waals surface area (Å²) in [6.07, 6.45) is 3.07. The molecule has 1 aliphatic heterocycles. The number of carbonyl (C=O) groups excluding carboxylic acids is 4. The molecular weight excluding hydrogens is 482 g/mol. The third-order valence-corrected chi connectivity index (χ3v) is 6.33. The Bertz CT molecular complexity index is 1070. The zero-order valence-electron chi connectivity index (χ0n) is 19.1. The second-order valence-electron chi connectivity index (χ2n) is 8.01. The van der Waals surface area contributed by atoms with Gasteiger partial charge in [0.05, 0.1) is 10.7 Å². The average molecular weight is 508 g/mol. The second-order valence-corrected chi connectivity index (χ2v) is 9.53. The molecule has 0 fully saturated rings. The molecule has 0 spiro atoms. The zero-order valence-corrected chi connectivity index (χ0v) is 20.6. The number of rotatable bonds is 6. The summed E-state index contributed by atoms with van der Waals surface area (Å²) in [7, 11) is 5.08. The lowest BCUT2D eigenvalue weighted by molar-refractivity contribution is -0.136. The van der Waals surface area contributed by atoms with Crippen LogP contribution in [-0.2, 0) is 27.3 Å². The van der Waals surface area contributed by atoms with E-state index in [-0.39, 0.29) is 17.4 Å². The molecule has 3 rings (SSSR count). The molecule has 0 aromatic carbocycles. The van der Waals surface area contributed by atoms with Crippen LogP contribution < -0.4 is 16.0 Å². The van der Waals surface area contributed by atoms with Crippen molar-refractivity contribution in [1.29, 1.82) is 0 Å². The van der Waals surface area contributed by atoms with Crippen molar-refractivity contribution in [3.05, 3.63) is 38.9 Å². The molecule has 3 heterocycles. The molecule has 3 N–H and O–H groups in total. The number of amides is 4. The first-order valence-corrected chi connectivity index (χ1v) is 11.7. The van der Waals surface area contributed by atoms with Crippen molar-refractivity contribution in [3.63, 3.8) is 0 Å². The molecule has 0 bridgehead atoms. The number of aromatic nitrogens is 2. The molecule has 34 heavy (non-hydrogen) atoms. The third-order valence-electron chi connectivity index (χ3n) is 5.03. The smallest absolute Gasteiger partial charge is 0.314 e. The number of pyridine rings is 1. The Morgan fingerprint density at radius 1 is 1.24 bits per heavy atom. The lowest BCUT2D eigenvalue weighted by Crippen LogP contribution is -2.53. The minimum absolute atomic E-state index is 0.146.